The van der Waals surface area contributed by atoms with Crippen molar-refractivity contribution < 1.29 is 9.53 Å². The topological polar surface area (TPSA) is 76.8 Å². The summed E-state index contributed by atoms with van der Waals surface area (Å²) in [5.74, 6) is 0.716. The summed E-state index contributed by atoms with van der Waals surface area (Å²) in [6.45, 7) is 0. The smallest absolute Gasteiger partial charge is 0.261 e. The van der Waals surface area contributed by atoms with Crippen LogP contribution in [0.4, 0.5) is 0 Å². The van der Waals surface area contributed by atoms with Gasteiger partial charge in [-0.25, -0.2) is 9.99 Å². The second-order valence-electron chi connectivity index (χ2n) is 8.21. The van der Waals surface area contributed by atoms with Crippen LogP contribution in [0.2, 0.25) is 0 Å². The van der Waals surface area contributed by atoms with E-state index in [1.807, 2.05) is 66.7 Å². The fourth-order valence-electron chi connectivity index (χ4n) is 4.15. The molecule has 2 heterocycles. The number of carbonyl (C=O) groups is 1. The quantitative estimate of drug-likeness (QED) is 0.299. The van der Waals surface area contributed by atoms with Crippen LogP contribution >= 0.6 is 11.8 Å². The van der Waals surface area contributed by atoms with Crippen molar-refractivity contribution in [2.75, 3.05) is 12.9 Å². The van der Waals surface area contributed by atoms with E-state index >= 15 is 0 Å². The summed E-state index contributed by atoms with van der Waals surface area (Å²) in [5, 5.41) is 7.35. The summed E-state index contributed by atoms with van der Waals surface area (Å²) in [6.07, 6.45) is 0.611. The maximum atomic E-state index is 13.4. The zero-order chi connectivity index (χ0) is 24.4. The number of methoxy groups -OCH3 is 1. The first-order chi connectivity index (χ1) is 17.0. The Balaban J connectivity index is 1.42. The lowest BCUT2D eigenvalue weighted by atomic mass is 9.98. The number of amides is 1. The molecule has 0 aliphatic carbocycles. The molecule has 0 spiro atoms. The number of hydrogen-bond donors (Lipinski definition) is 0. The van der Waals surface area contributed by atoms with Crippen molar-refractivity contribution in [3.8, 4) is 5.75 Å². The van der Waals surface area contributed by atoms with E-state index in [0.29, 0.717) is 22.5 Å². The van der Waals surface area contributed by atoms with E-state index in [0.717, 1.165) is 22.6 Å². The lowest BCUT2D eigenvalue weighted by Gasteiger charge is -2.22. The number of hydrogen-bond acceptors (Lipinski definition) is 6. The Morgan fingerprint density at radius 3 is 2.49 bits per heavy atom. The first-order valence-corrected chi connectivity index (χ1v) is 12.2. The molecule has 1 amide bonds. The second kappa shape index (κ2) is 9.76. The van der Waals surface area contributed by atoms with Gasteiger partial charge in [-0.3, -0.25) is 14.2 Å². The van der Waals surface area contributed by atoms with Crippen molar-refractivity contribution in [1.82, 2.24) is 14.6 Å². The van der Waals surface area contributed by atoms with Gasteiger partial charge in [-0.1, -0.05) is 66.4 Å². The summed E-state index contributed by atoms with van der Waals surface area (Å²) in [4.78, 5) is 30.7. The molecule has 5 rings (SSSR count). The molecule has 1 atom stereocenters. The van der Waals surface area contributed by atoms with Crippen molar-refractivity contribution in [3.05, 3.63) is 100 Å². The molecule has 4 aromatic rings. The average molecular weight is 485 g/mol. The zero-order valence-corrected chi connectivity index (χ0v) is 20.2. The lowest BCUT2D eigenvalue weighted by Crippen LogP contribution is -2.29. The van der Waals surface area contributed by atoms with Crippen LogP contribution in [0.1, 0.15) is 23.6 Å². The number of rotatable bonds is 6. The van der Waals surface area contributed by atoms with Crippen molar-refractivity contribution in [1.29, 1.82) is 0 Å². The summed E-state index contributed by atoms with van der Waals surface area (Å²) < 4.78 is 6.78. The Hall–Kier alpha value is -3.91. The molecule has 35 heavy (non-hydrogen) atoms. The van der Waals surface area contributed by atoms with Crippen molar-refractivity contribution >= 4 is 34.3 Å². The van der Waals surface area contributed by atoms with Gasteiger partial charge in [0.05, 0.1) is 35.5 Å². The highest BCUT2D eigenvalue weighted by Gasteiger charge is 2.33. The highest BCUT2D eigenvalue weighted by molar-refractivity contribution is 7.99. The summed E-state index contributed by atoms with van der Waals surface area (Å²) >= 11 is 1.24. The van der Waals surface area contributed by atoms with Crippen LogP contribution in [-0.2, 0) is 11.8 Å². The third-order valence-electron chi connectivity index (χ3n) is 6.04. The molecule has 8 heteroatoms. The van der Waals surface area contributed by atoms with Gasteiger partial charge in [-0.05, 0) is 35.4 Å². The average Bonchev–Trinajstić information content (AvgIpc) is 3.36. The van der Waals surface area contributed by atoms with Crippen molar-refractivity contribution in [3.63, 3.8) is 0 Å². The molecular formula is C27H24N4O3S. The van der Waals surface area contributed by atoms with Gasteiger partial charge in [0, 0.05) is 13.5 Å². The fraction of sp³-hybridized carbons (Fsp3) is 0.185. The molecule has 3 aromatic carbocycles. The van der Waals surface area contributed by atoms with Crippen molar-refractivity contribution in [2.45, 2.75) is 17.6 Å². The minimum absolute atomic E-state index is 0.108. The normalized spacial score (nSPS) is 15.3. The van der Waals surface area contributed by atoms with Gasteiger partial charge in [-0.2, -0.15) is 5.10 Å². The number of ether oxygens (including phenoxy) is 1. The van der Waals surface area contributed by atoms with Crippen LogP contribution in [0.5, 0.6) is 5.75 Å². The van der Waals surface area contributed by atoms with Gasteiger partial charge in [0.2, 0.25) is 0 Å². The number of hydrazone groups is 1. The number of fused-ring (bicyclic) bond motifs is 1. The van der Waals surface area contributed by atoms with E-state index in [2.05, 4.69) is 4.98 Å². The number of nitrogens with zero attached hydrogens (tertiary/aromatic N) is 4. The monoisotopic (exact) mass is 484 g/mol. The number of aromatic nitrogens is 2. The van der Waals surface area contributed by atoms with Gasteiger partial charge in [-0.15, -0.1) is 0 Å². The maximum Gasteiger partial charge on any atom is 0.261 e. The number of para-hydroxylation sites is 1. The molecule has 0 saturated heterocycles. The van der Waals surface area contributed by atoms with Crippen LogP contribution in [-0.4, -0.2) is 39.0 Å². The molecule has 0 bridgehead atoms. The van der Waals surface area contributed by atoms with Crippen LogP contribution in [0, 0.1) is 0 Å². The van der Waals surface area contributed by atoms with Gasteiger partial charge in [0.15, 0.2) is 5.16 Å². The Labute approximate surface area is 207 Å². The van der Waals surface area contributed by atoms with Crippen LogP contribution in [0.25, 0.3) is 10.9 Å². The predicted octanol–water partition coefficient (Wildman–Crippen LogP) is 4.41. The van der Waals surface area contributed by atoms with E-state index in [1.165, 1.54) is 16.3 Å². The molecule has 0 unspecified atom stereocenters. The van der Waals surface area contributed by atoms with Gasteiger partial charge in [0.25, 0.3) is 11.5 Å². The highest BCUT2D eigenvalue weighted by atomic mass is 32.2. The number of carbonyl (C=O) groups excluding carboxylic acids is 1. The Bertz CT molecular complexity index is 1470. The second-order valence-corrected chi connectivity index (χ2v) is 9.15. The number of thioether (sulfide) groups is 1. The van der Waals surface area contributed by atoms with Crippen LogP contribution in [0.3, 0.4) is 0 Å². The van der Waals surface area contributed by atoms with Crippen molar-refractivity contribution in [2.24, 2.45) is 12.1 Å². The van der Waals surface area contributed by atoms with E-state index in [-0.39, 0.29) is 23.3 Å². The molecule has 1 aromatic heterocycles. The van der Waals surface area contributed by atoms with Gasteiger partial charge < -0.3 is 4.74 Å². The Morgan fingerprint density at radius 1 is 1.03 bits per heavy atom. The van der Waals surface area contributed by atoms with E-state index in [9.17, 15) is 9.59 Å². The first-order valence-electron chi connectivity index (χ1n) is 11.2. The highest BCUT2D eigenvalue weighted by Crippen LogP contribution is 2.34. The molecule has 0 N–H and O–H groups in total. The third kappa shape index (κ3) is 4.57. The fourth-order valence-corrected chi connectivity index (χ4v) is 4.97. The summed E-state index contributed by atoms with van der Waals surface area (Å²) in [7, 11) is 3.30. The molecule has 0 saturated carbocycles. The predicted molar refractivity (Wildman–Crippen MR) is 138 cm³/mol. The molecular weight excluding hydrogens is 460 g/mol. The Kier molecular flexibility index (Phi) is 6.37. The Morgan fingerprint density at radius 2 is 1.74 bits per heavy atom. The lowest BCUT2D eigenvalue weighted by molar-refractivity contribution is -0.130. The molecule has 7 nitrogen and oxygen atoms in total. The largest absolute Gasteiger partial charge is 0.497 e. The minimum Gasteiger partial charge on any atom is -0.497 e. The van der Waals surface area contributed by atoms with Crippen LogP contribution in [0.15, 0.2) is 93.9 Å². The van der Waals surface area contributed by atoms with E-state index in [1.54, 1.807) is 31.3 Å². The van der Waals surface area contributed by atoms with E-state index in [4.69, 9.17) is 9.84 Å². The van der Waals surface area contributed by atoms with Gasteiger partial charge >= 0.3 is 0 Å². The van der Waals surface area contributed by atoms with E-state index < -0.39 is 0 Å². The number of benzene rings is 3. The molecule has 1 aliphatic rings. The molecule has 0 radical (unpaired) electrons. The SMILES string of the molecule is COc1ccc([C@@H]2CC(c3ccccc3)=NN2C(=O)CSc2nc3ccccc3c(=O)n2C)cc1. The maximum absolute atomic E-state index is 13.4. The summed E-state index contributed by atoms with van der Waals surface area (Å²) in [6, 6.07) is 24.6. The van der Waals surface area contributed by atoms with Crippen LogP contribution < -0.4 is 10.3 Å². The zero-order valence-electron chi connectivity index (χ0n) is 19.4. The first kappa shape index (κ1) is 22.9. The third-order valence-corrected chi connectivity index (χ3v) is 7.05. The summed E-state index contributed by atoms with van der Waals surface area (Å²) in [5.41, 5.74) is 3.32. The standard InChI is InChI=1S/C27H24N4O3S/c1-30-26(33)21-10-6-7-11-22(21)28-27(30)35-17-25(32)31-24(19-12-14-20(34-2)15-13-19)16-23(29-31)18-8-4-3-5-9-18/h3-15,24H,16-17H2,1-2H3/t24-/m0/s1. The molecule has 176 valence electrons. The molecule has 0 fully saturated rings. The minimum atomic E-state index is -0.224. The molecule has 1 aliphatic heterocycles. The van der Waals surface area contributed by atoms with Gasteiger partial charge in [0.1, 0.15) is 5.75 Å².